The maximum Gasteiger partial charge on any atom is 0.542 e. The predicted molar refractivity (Wildman–Crippen MR) is 52.5 cm³/mol. The third-order valence-corrected chi connectivity index (χ3v) is 2.02. The molecule has 0 heterocycles. The molecule has 0 amide bonds. The fourth-order valence-corrected chi connectivity index (χ4v) is 1.18. The van der Waals surface area contributed by atoms with Crippen molar-refractivity contribution in [2.75, 3.05) is 0 Å². The van der Waals surface area contributed by atoms with Crippen LogP contribution in [0.1, 0.15) is 11.4 Å². The first-order valence-electron chi connectivity index (χ1n) is 3.60. The minimum absolute atomic E-state index is 0.469. The molecule has 13 heavy (non-hydrogen) atoms. The van der Waals surface area contributed by atoms with Gasteiger partial charge in [0, 0.05) is 5.56 Å². The Morgan fingerprint density at radius 3 is 2.08 bits per heavy atom. The van der Waals surface area contributed by atoms with Gasteiger partial charge in [-0.15, -0.1) is 13.2 Å². The Morgan fingerprint density at radius 1 is 1.23 bits per heavy atom. The molecule has 0 aliphatic heterocycles. The van der Waals surface area contributed by atoms with Gasteiger partial charge in [0.15, 0.2) is 0 Å². The van der Waals surface area contributed by atoms with Crippen LogP contribution in [0.4, 0.5) is 0 Å². The zero-order valence-electron chi connectivity index (χ0n) is 7.13. The lowest BCUT2D eigenvalue weighted by Crippen LogP contribution is -1.89. The lowest BCUT2D eigenvalue weighted by atomic mass is 10.2. The molecule has 0 radical (unpaired) electrons. The molecule has 0 saturated carbocycles. The topological polar surface area (TPSA) is 57.5 Å². The summed E-state index contributed by atoms with van der Waals surface area (Å²) in [6.45, 7) is 6.00. The summed E-state index contributed by atoms with van der Waals surface area (Å²) in [6.07, 6.45) is 0. The molecule has 2 atom stereocenters. The van der Waals surface area contributed by atoms with Crippen molar-refractivity contribution in [1.82, 2.24) is 0 Å². The second kappa shape index (κ2) is 6.49. The van der Waals surface area contributed by atoms with Gasteiger partial charge in [-0.2, -0.15) is 4.89 Å². The number of aliphatic hydroxyl groups is 1. The second-order valence-corrected chi connectivity index (χ2v) is 3.18. The molecule has 0 aliphatic rings. The van der Waals surface area contributed by atoms with Crippen LogP contribution < -0.4 is 0 Å². The van der Waals surface area contributed by atoms with E-state index in [-0.39, 0.29) is 0 Å². The van der Waals surface area contributed by atoms with Crippen molar-refractivity contribution in [3.8, 4) is 0 Å². The summed E-state index contributed by atoms with van der Waals surface area (Å²) in [5.74, 6) is -1.26. The van der Waals surface area contributed by atoms with Crippen molar-refractivity contribution < 1.29 is 14.6 Å². The summed E-state index contributed by atoms with van der Waals surface area (Å²) >= 11 is 0. The molecule has 3 nitrogen and oxygen atoms in total. The summed E-state index contributed by atoms with van der Waals surface area (Å²) in [5, 5.41) is 9.06. The Hall–Kier alpha value is -1.02. The Bertz CT molecular complexity index is 261. The fourth-order valence-electron chi connectivity index (χ4n) is 0.753. The largest absolute Gasteiger partial charge is 0.542 e. The number of benzene rings is 1. The molecular weight excluding hydrogens is 187 g/mol. The van der Waals surface area contributed by atoms with Crippen LogP contribution in [0.5, 0.6) is 0 Å². The fraction of sp³-hybridized carbons (Fsp3) is 0.111. The van der Waals surface area contributed by atoms with E-state index in [1.807, 2.05) is 0 Å². The van der Waals surface area contributed by atoms with Crippen LogP contribution in [0, 0.1) is 0 Å². The van der Waals surface area contributed by atoms with Crippen LogP contribution in [-0.4, -0.2) is 10.00 Å². The van der Waals surface area contributed by atoms with Gasteiger partial charge in [0.05, 0.1) is 0 Å². The molecule has 0 saturated heterocycles. The van der Waals surface area contributed by atoms with Crippen molar-refractivity contribution in [2.45, 2.75) is 5.85 Å². The zero-order chi connectivity index (χ0) is 10.3. The first-order valence-corrected chi connectivity index (χ1v) is 4.88. The van der Waals surface area contributed by atoms with Gasteiger partial charge in [0.2, 0.25) is 0 Å². The van der Waals surface area contributed by atoms with E-state index in [0.29, 0.717) is 5.56 Å². The number of hydrogen-bond donors (Lipinski definition) is 2. The van der Waals surface area contributed by atoms with E-state index in [9.17, 15) is 4.57 Å². The van der Waals surface area contributed by atoms with Crippen LogP contribution in [-0.2, 0) is 4.57 Å². The van der Waals surface area contributed by atoms with Gasteiger partial charge in [-0.05, 0) is 4.57 Å². The normalized spacial score (nSPS) is 12.3. The molecule has 2 N–H and O–H groups in total. The summed E-state index contributed by atoms with van der Waals surface area (Å²) in [6, 6.07) is 8.40. The van der Waals surface area contributed by atoms with Gasteiger partial charge >= 0.3 is 13.9 Å². The molecule has 0 aliphatic carbocycles. The highest BCUT2D eigenvalue weighted by atomic mass is 31.1. The average molecular weight is 199 g/mol. The van der Waals surface area contributed by atoms with Gasteiger partial charge in [-0.1, -0.05) is 30.3 Å². The van der Waals surface area contributed by atoms with Crippen LogP contribution >= 0.6 is 8.03 Å². The molecule has 0 bridgehead atoms. The number of aliphatic hydroxyl groups excluding tert-OH is 1. The van der Waals surface area contributed by atoms with Gasteiger partial charge in [-0.25, -0.2) is 0 Å². The smallest absolute Gasteiger partial charge is 0.345 e. The lowest BCUT2D eigenvalue weighted by molar-refractivity contribution is 0.243. The molecule has 0 aromatic heterocycles. The van der Waals surface area contributed by atoms with Gasteiger partial charge < -0.3 is 5.11 Å². The quantitative estimate of drug-likeness (QED) is 0.567. The number of hydrogen-bond acceptors (Lipinski definition) is 2. The monoisotopic (exact) mass is 199 g/mol. The van der Waals surface area contributed by atoms with Crippen LogP contribution in [0.2, 0.25) is 0 Å². The summed E-state index contributed by atoms with van der Waals surface area (Å²) in [4.78, 5) is 8.53. The van der Waals surface area contributed by atoms with E-state index in [2.05, 4.69) is 13.2 Å². The van der Waals surface area contributed by atoms with Gasteiger partial charge in [0.1, 0.15) is 0 Å². The highest BCUT2D eigenvalue weighted by molar-refractivity contribution is 7.38. The van der Waals surface area contributed by atoms with E-state index in [1.54, 1.807) is 30.3 Å². The first kappa shape index (κ1) is 12.0. The van der Waals surface area contributed by atoms with Crippen molar-refractivity contribution >= 4 is 8.03 Å². The first-order chi connectivity index (χ1) is 6.22. The minimum Gasteiger partial charge on any atom is -0.345 e. The van der Waals surface area contributed by atoms with E-state index in [0.717, 1.165) is 0 Å². The molecule has 1 aromatic carbocycles. The maximum atomic E-state index is 10.4. The number of rotatable bonds is 2. The lowest BCUT2D eigenvalue weighted by Gasteiger charge is -1.94. The van der Waals surface area contributed by atoms with E-state index >= 15 is 0 Å². The zero-order valence-corrected chi connectivity index (χ0v) is 8.02. The molecule has 0 spiro atoms. The van der Waals surface area contributed by atoms with Crippen molar-refractivity contribution in [1.29, 1.82) is 0 Å². The molecule has 4 heteroatoms. The van der Waals surface area contributed by atoms with Gasteiger partial charge in [-0.3, -0.25) is 0 Å². The summed E-state index contributed by atoms with van der Waals surface area (Å²) < 4.78 is 10.4. The van der Waals surface area contributed by atoms with E-state index < -0.39 is 13.9 Å². The molecular formula is C9H12O3P+. The Balaban J connectivity index is 0.000000671. The Morgan fingerprint density at radius 2 is 1.69 bits per heavy atom. The van der Waals surface area contributed by atoms with Crippen LogP contribution in [0.3, 0.4) is 0 Å². The Labute approximate surface area is 78.2 Å². The molecule has 70 valence electrons. The van der Waals surface area contributed by atoms with Crippen LogP contribution in [0.25, 0.3) is 0 Å². The predicted octanol–water partition coefficient (Wildman–Crippen LogP) is 2.21. The van der Waals surface area contributed by atoms with Crippen LogP contribution in [0.15, 0.2) is 43.5 Å². The van der Waals surface area contributed by atoms with Crippen molar-refractivity contribution in [3.05, 3.63) is 49.1 Å². The van der Waals surface area contributed by atoms with Gasteiger partial charge in [0.25, 0.3) is 0 Å². The molecule has 1 aromatic rings. The third kappa shape index (κ3) is 3.95. The SMILES string of the molecule is C=C.O=[P+](O)C(O)c1ccccc1. The highest BCUT2D eigenvalue weighted by Crippen LogP contribution is 2.34. The van der Waals surface area contributed by atoms with E-state index in [4.69, 9.17) is 10.00 Å². The van der Waals surface area contributed by atoms with Crippen molar-refractivity contribution in [2.24, 2.45) is 0 Å². The van der Waals surface area contributed by atoms with E-state index in [1.165, 1.54) is 0 Å². The molecule has 1 rings (SSSR count). The summed E-state index contributed by atoms with van der Waals surface area (Å²) in [5.41, 5.74) is 0.469. The molecule has 0 fully saturated rings. The standard InChI is InChI=1S/C7H7O3P.C2H4/c8-7(11(9)10)6-4-2-1-3-5-6;1-2/h1-5,7-8H;1-2H2/p+1. The Kier molecular flexibility index (Phi) is 5.98. The maximum absolute atomic E-state index is 10.4. The average Bonchev–Trinajstić information content (AvgIpc) is 2.21. The van der Waals surface area contributed by atoms with Crippen molar-refractivity contribution in [3.63, 3.8) is 0 Å². The third-order valence-electron chi connectivity index (χ3n) is 1.31. The minimum atomic E-state index is -2.53. The highest BCUT2D eigenvalue weighted by Gasteiger charge is 2.27. The second-order valence-electron chi connectivity index (χ2n) is 2.09. The summed E-state index contributed by atoms with van der Waals surface area (Å²) in [7, 11) is -2.53. The molecule has 2 unspecified atom stereocenters.